The minimum atomic E-state index is -0.0203. The molecule has 1 aromatic carbocycles. The molecule has 0 aliphatic heterocycles. The molecule has 1 aromatic heterocycles. The molecule has 2 aromatic rings. The summed E-state index contributed by atoms with van der Waals surface area (Å²) >= 11 is 3.12. The van der Waals surface area contributed by atoms with Crippen LogP contribution in [0.15, 0.2) is 41.3 Å². The van der Waals surface area contributed by atoms with Gasteiger partial charge in [0.2, 0.25) is 0 Å². The summed E-state index contributed by atoms with van der Waals surface area (Å²) in [7, 11) is 0. The Morgan fingerprint density at radius 1 is 1.17 bits per heavy atom. The van der Waals surface area contributed by atoms with E-state index in [1.165, 1.54) is 3.59 Å². The molecule has 2 rings (SSSR count). The maximum Gasteiger partial charge on any atom is 0.268 e. The van der Waals surface area contributed by atoms with Crippen molar-refractivity contribution in [2.24, 2.45) is 0 Å². The van der Waals surface area contributed by atoms with Gasteiger partial charge in [0.25, 0.3) is 5.56 Å². The predicted molar refractivity (Wildman–Crippen MR) is 52.5 cm³/mol. The molecule has 12 heavy (non-hydrogen) atoms. The predicted octanol–water partition coefficient (Wildman–Crippen LogP) is 2.16. The molecule has 60 valence electrons. The van der Waals surface area contributed by atoms with E-state index in [0.717, 1.165) is 10.8 Å². The summed E-state index contributed by atoms with van der Waals surface area (Å²) in [5.41, 5.74) is -0.0203. The van der Waals surface area contributed by atoms with Crippen LogP contribution in [-0.2, 0) is 0 Å². The van der Waals surface area contributed by atoms with Gasteiger partial charge in [0.1, 0.15) is 0 Å². The molecule has 0 unspecified atom stereocenters. The van der Waals surface area contributed by atoms with Crippen LogP contribution < -0.4 is 5.56 Å². The standard InChI is InChI=1S/C9H6BrNO/c10-11-6-5-7-3-1-2-4-8(7)9(11)12/h1-6H. The van der Waals surface area contributed by atoms with Crippen LogP contribution in [0.2, 0.25) is 0 Å². The maximum atomic E-state index is 11.4. The van der Waals surface area contributed by atoms with E-state index in [-0.39, 0.29) is 5.56 Å². The molecule has 0 radical (unpaired) electrons. The largest absolute Gasteiger partial charge is 0.268 e. The van der Waals surface area contributed by atoms with Crippen molar-refractivity contribution in [1.29, 1.82) is 0 Å². The summed E-state index contributed by atoms with van der Waals surface area (Å²) < 4.78 is 1.40. The molecule has 1 heterocycles. The highest BCUT2D eigenvalue weighted by Crippen LogP contribution is 2.08. The van der Waals surface area contributed by atoms with Gasteiger partial charge < -0.3 is 0 Å². The van der Waals surface area contributed by atoms with E-state index in [4.69, 9.17) is 0 Å². The molecular formula is C9H6BrNO. The number of fused-ring (bicyclic) bond motifs is 1. The first-order chi connectivity index (χ1) is 5.79. The SMILES string of the molecule is O=c1c2ccccc2ccn1Br. The third kappa shape index (κ3) is 1.06. The van der Waals surface area contributed by atoms with Crippen molar-refractivity contribution in [3.05, 3.63) is 46.9 Å². The van der Waals surface area contributed by atoms with E-state index in [1.807, 2.05) is 30.3 Å². The number of benzene rings is 1. The zero-order chi connectivity index (χ0) is 8.55. The molecule has 0 bridgehead atoms. The second kappa shape index (κ2) is 2.75. The fraction of sp³-hybridized carbons (Fsp3) is 0. The van der Waals surface area contributed by atoms with Crippen LogP contribution in [0.1, 0.15) is 0 Å². The lowest BCUT2D eigenvalue weighted by molar-refractivity contribution is 1.21. The molecule has 2 nitrogen and oxygen atoms in total. The van der Waals surface area contributed by atoms with Crippen molar-refractivity contribution in [3.8, 4) is 0 Å². The average Bonchev–Trinajstić information content (AvgIpc) is 2.12. The smallest absolute Gasteiger partial charge is 0.268 e. The Kier molecular flexibility index (Phi) is 1.73. The summed E-state index contributed by atoms with van der Waals surface area (Å²) in [6, 6.07) is 9.40. The molecule has 3 heteroatoms. The fourth-order valence-corrected chi connectivity index (χ4v) is 1.47. The molecule has 0 saturated carbocycles. The van der Waals surface area contributed by atoms with Crippen LogP contribution in [0.5, 0.6) is 0 Å². The summed E-state index contributed by atoms with van der Waals surface area (Å²) in [5.74, 6) is 0. The van der Waals surface area contributed by atoms with Gasteiger partial charge in [0.15, 0.2) is 0 Å². The number of rotatable bonds is 0. The van der Waals surface area contributed by atoms with Gasteiger partial charge in [-0.2, -0.15) is 0 Å². The maximum absolute atomic E-state index is 11.4. The third-order valence-corrected chi connectivity index (χ3v) is 2.33. The molecule has 0 fully saturated rings. The van der Waals surface area contributed by atoms with Crippen LogP contribution in [-0.4, -0.2) is 3.59 Å². The van der Waals surface area contributed by atoms with Gasteiger partial charge in [-0.3, -0.25) is 4.79 Å². The van der Waals surface area contributed by atoms with Crippen LogP contribution in [0.3, 0.4) is 0 Å². The summed E-state index contributed by atoms with van der Waals surface area (Å²) in [6.45, 7) is 0. The van der Waals surface area contributed by atoms with Crippen LogP contribution in [0.25, 0.3) is 10.8 Å². The Bertz CT molecular complexity index is 475. The van der Waals surface area contributed by atoms with E-state index in [9.17, 15) is 4.79 Å². The van der Waals surface area contributed by atoms with E-state index in [0.29, 0.717) is 0 Å². The topological polar surface area (TPSA) is 22.0 Å². The Morgan fingerprint density at radius 2 is 1.92 bits per heavy atom. The second-order valence-corrected chi connectivity index (χ2v) is 3.28. The van der Waals surface area contributed by atoms with Gasteiger partial charge in [-0.15, -0.1) is 0 Å². The lowest BCUT2D eigenvalue weighted by Crippen LogP contribution is -2.10. The summed E-state index contributed by atoms with van der Waals surface area (Å²) in [5, 5.41) is 1.70. The molecule has 0 N–H and O–H groups in total. The molecule has 0 aliphatic carbocycles. The first kappa shape index (κ1) is 7.55. The normalized spacial score (nSPS) is 10.4. The highest BCUT2D eigenvalue weighted by Gasteiger charge is 1.97. The van der Waals surface area contributed by atoms with Crippen LogP contribution in [0.4, 0.5) is 0 Å². The molecular weight excluding hydrogens is 218 g/mol. The van der Waals surface area contributed by atoms with Crippen molar-refractivity contribution < 1.29 is 0 Å². The van der Waals surface area contributed by atoms with Gasteiger partial charge in [-0.1, -0.05) is 18.2 Å². The van der Waals surface area contributed by atoms with E-state index in [2.05, 4.69) is 16.1 Å². The first-order valence-electron chi connectivity index (χ1n) is 3.55. The van der Waals surface area contributed by atoms with Gasteiger partial charge in [0.05, 0.1) is 16.1 Å². The zero-order valence-electron chi connectivity index (χ0n) is 6.20. The quantitative estimate of drug-likeness (QED) is 0.672. The minimum absolute atomic E-state index is 0.0203. The van der Waals surface area contributed by atoms with Crippen molar-refractivity contribution in [3.63, 3.8) is 0 Å². The lowest BCUT2D eigenvalue weighted by Gasteiger charge is -1.97. The van der Waals surface area contributed by atoms with Gasteiger partial charge >= 0.3 is 0 Å². The number of pyridine rings is 1. The second-order valence-electron chi connectivity index (χ2n) is 2.52. The highest BCUT2D eigenvalue weighted by molar-refractivity contribution is 9.08. The van der Waals surface area contributed by atoms with E-state index >= 15 is 0 Å². The number of hydrogen-bond donors (Lipinski definition) is 0. The Balaban J connectivity index is 3.01. The molecule has 0 spiro atoms. The van der Waals surface area contributed by atoms with Crippen molar-refractivity contribution in [1.82, 2.24) is 3.59 Å². The van der Waals surface area contributed by atoms with E-state index in [1.54, 1.807) is 6.20 Å². The summed E-state index contributed by atoms with van der Waals surface area (Å²) in [6.07, 6.45) is 1.70. The Morgan fingerprint density at radius 3 is 2.75 bits per heavy atom. The van der Waals surface area contributed by atoms with Crippen LogP contribution >= 0.6 is 16.1 Å². The van der Waals surface area contributed by atoms with Crippen LogP contribution in [0, 0.1) is 0 Å². The molecule has 0 amide bonds. The first-order valence-corrected chi connectivity index (χ1v) is 4.26. The Hall–Kier alpha value is -1.09. The van der Waals surface area contributed by atoms with Gasteiger partial charge in [-0.05, 0) is 17.5 Å². The Labute approximate surface area is 77.8 Å². The van der Waals surface area contributed by atoms with E-state index < -0.39 is 0 Å². The van der Waals surface area contributed by atoms with Crippen molar-refractivity contribution in [2.75, 3.05) is 0 Å². The number of aromatic nitrogens is 1. The number of halogens is 1. The monoisotopic (exact) mass is 223 g/mol. The number of hydrogen-bond acceptors (Lipinski definition) is 1. The molecule has 0 saturated heterocycles. The zero-order valence-corrected chi connectivity index (χ0v) is 7.78. The van der Waals surface area contributed by atoms with Crippen molar-refractivity contribution in [2.45, 2.75) is 0 Å². The molecule has 0 atom stereocenters. The lowest BCUT2D eigenvalue weighted by atomic mass is 10.2. The van der Waals surface area contributed by atoms with Gasteiger partial charge in [-0.25, -0.2) is 3.59 Å². The number of nitrogens with zero attached hydrogens (tertiary/aromatic N) is 1. The molecule has 0 aliphatic rings. The van der Waals surface area contributed by atoms with Gasteiger partial charge in [0, 0.05) is 11.6 Å². The summed E-state index contributed by atoms with van der Waals surface area (Å²) in [4.78, 5) is 11.4. The van der Waals surface area contributed by atoms with Crippen molar-refractivity contribution >= 4 is 26.9 Å². The fourth-order valence-electron chi connectivity index (χ4n) is 1.17. The highest BCUT2D eigenvalue weighted by atomic mass is 79.9. The minimum Gasteiger partial charge on any atom is -0.268 e. The average molecular weight is 224 g/mol. The third-order valence-electron chi connectivity index (χ3n) is 1.77.